The molecule has 12 heteroatoms. The molecule has 4 aromatic rings. The number of pyridine rings is 2. The number of nitrogens with zero attached hydrogens (tertiary/aromatic N) is 6. The smallest absolute Gasteiger partial charge is 0.410 e. The molecule has 0 unspecified atom stereocenters. The maximum absolute atomic E-state index is 12.4. The van der Waals surface area contributed by atoms with E-state index in [1.54, 1.807) is 32.4 Å². The molecule has 1 atom stereocenters. The summed E-state index contributed by atoms with van der Waals surface area (Å²) in [4.78, 5) is 30.0. The zero-order chi connectivity index (χ0) is 27.7. The standard InChI is InChI=1S/C27H31N7O5/c1-27(2,3)39-26(36)33-10-9-19(33)16-38-21-15-29-32(4)24(21)17-8-11-34-20(12-17)13-23(31-34)30-22-7-6-18(14-28-22)25(35)37-5/h6-8,11-15,19H,9-10,16H2,1-5H3,(H,28,30,31)/t19-/m1/s1. The first-order chi connectivity index (χ1) is 18.6. The molecule has 12 nitrogen and oxygen atoms in total. The summed E-state index contributed by atoms with van der Waals surface area (Å²) in [5.41, 5.74) is 2.40. The second-order valence-corrected chi connectivity index (χ2v) is 10.3. The lowest BCUT2D eigenvalue weighted by molar-refractivity contribution is -0.0141. The predicted octanol–water partition coefficient (Wildman–Crippen LogP) is 4.05. The van der Waals surface area contributed by atoms with Gasteiger partial charge < -0.3 is 24.4 Å². The highest BCUT2D eigenvalue weighted by Gasteiger charge is 2.36. The Balaban J connectivity index is 1.29. The number of hydrogen-bond acceptors (Lipinski definition) is 9. The van der Waals surface area contributed by atoms with Gasteiger partial charge in [-0.05, 0) is 51.5 Å². The Morgan fingerprint density at radius 2 is 1.95 bits per heavy atom. The molecule has 0 aromatic carbocycles. The Hall–Kier alpha value is -4.61. The lowest BCUT2D eigenvalue weighted by atomic mass is 10.1. The number of fused-ring (bicyclic) bond motifs is 1. The van der Waals surface area contributed by atoms with Crippen molar-refractivity contribution in [2.24, 2.45) is 7.05 Å². The fourth-order valence-electron chi connectivity index (χ4n) is 4.25. The molecule has 5 heterocycles. The predicted molar refractivity (Wildman–Crippen MR) is 143 cm³/mol. The molecule has 204 valence electrons. The van der Waals surface area contributed by atoms with Crippen LogP contribution in [-0.4, -0.2) is 73.2 Å². The van der Waals surface area contributed by atoms with Crippen molar-refractivity contribution in [3.05, 3.63) is 54.5 Å². The van der Waals surface area contributed by atoms with Crippen LogP contribution in [0.15, 0.2) is 48.9 Å². The van der Waals surface area contributed by atoms with Gasteiger partial charge in [0.25, 0.3) is 0 Å². The van der Waals surface area contributed by atoms with Gasteiger partial charge in [0, 0.05) is 37.6 Å². The third kappa shape index (κ3) is 5.64. The highest BCUT2D eigenvalue weighted by atomic mass is 16.6. The molecule has 1 saturated heterocycles. The summed E-state index contributed by atoms with van der Waals surface area (Å²) in [5.74, 6) is 1.33. The zero-order valence-electron chi connectivity index (χ0n) is 22.5. The van der Waals surface area contributed by atoms with Crippen LogP contribution in [0, 0.1) is 0 Å². The average molecular weight is 534 g/mol. The molecule has 0 saturated carbocycles. The number of carbonyl (C=O) groups is 2. The number of aromatic nitrogens is 5. The Morgan fingerprint density at radius 1 is 1.13 bits per heavy atom. The van der Waals surface area contributed by atoms with Gasteiger partial charge in [-0.3, -0.25) is 4.68 Å². The monoisotopic (exact) mass is 533 g/mol. The first kappa shape index (κ1) is 26.0. The Kier molecular flexibility index (Phi) is 6.85. The fourth-order valence-corrected chi connectivity index (χ4v) is 4.25. The number of anilines is 2. The van der Waals surface area contributed by atoms with E-state index in [1.807, 2.05) is 52.2 Å². The molecule has 4 aromatic heterocycles. The number of methoxy groups -OCH3 is 1. The average Bonchev–Trinajstić information content (AvgIpc) is 3.43. The maximum Gasteiger partial charge on any atom is 0.410 e. The first-order valence-corrected chi connectivity index (χ1v) is 12.6. The summed E-state index contributed by atoms with van der Waals surface area (Å²) >= 11 is 0. The van der Waals surface area contributed by atoms with Crippen LogP contribution < -0.4 is 10.1 Å². The minimum atomic E-state index is -0.540. The number of likely N-dealkylation sites (tertiary alicyclic amines) is 1. The van der Waals surface area contributed by atoms with Crippen LogP contribution in [0.1, 0.15) is 37.6 Å². The van der Waals surface area contributed by atoms with Gasteiger partial charge in [-0.15, -0.1) is 0 Å². The van der Waals surface area contributed by atoms with E-state index < -0.39 is 11.6 Å². The summed E-state index contributed by atoms with van der Waals surface area (Å²) in [6.07, 6.45) is 5.52. The number of aryl methyl sites for hydroxylation is 1. The van der Waals surface area contributed by atoms with Gasteiger partial charge in [0.15, 0.2) is 11.6 Å². The van der Waals surface area contributed by atoms with Gasteiger partial charge in [-0.1, -0.05) is 0 Å². The van der Waals surface area contributed by atoms with Gasteiger partial charge in [0.05, 0.1) is 30.4 Å². The van der Waals surface area contributed by atoms with E-state index in [0.29, 0.717) is 36.1 Å². The molecule has 1 fully saturated rings. The van der Waals surface area contributed by atoms with Crippen LogP contribution >= 0.6 is 0 Å². The van der Waals surface area contributed by atoms with Crippen molar-refractivity contribution in [3.8, 4) is 17.0 Å². The van der Waals surface area contributed by atoms with E-state index in [2.05, 4.69) is 20.5 Å². The normalized spacial score (nSPS) is 15.1. The van der Waals surface area contributed by atoms with E-state index in [4.69, 9.17) is 14.2 Å². The van der Waals surface area contributed by atoms with Crippen LogP contribution in [0.2, 0.25) is 0 Å². The lowest BCUT2D eigenvalue weighted by Gasteiger charge is -2.40. The molecule has 1 aliphatic rings. The number of nitrogens with one attached hydrogen (secondary N) is 1. The zero-order valence-corrected chi connectivity index (χ0v) is 22.5. The second kappa shape index (κ2) is 10.3. The number of hydrogen-bond donors (Lipinski definition) is 1. The largest absolute Gasteiger partial charge is 0.487 e. The maximum atomic E-state index is 12.4. The van der Waals surface area contributed by atoms with Crippen LogP contribution in [0.25, 0.3) is 16.8 Å². The van der Waals surface area contributed by atoms with Gasteiger partial charge in [0.2, 0.25) is 0 Å². The van der Waals surface area contributed by atoms with E-state index in [9.17, 15) is 9.59 Å². The molecule has 0 spiro atoms. The molecule has 1 N–H and O–H groups in total. The van der Waals surface area contributed by atoms with E-state index in [0.717, 1.165) is 23.2 Å². The highest BCUT2D eigenvalue weighted by Crippen LogP contribution is 2.32. The molecule has 39 heavy (non-hydrogen) atoms. The molecule has 0 bridgehead atoms. The van der Waals surface area contributed by atoms with E-state index in [1.165, 1.54) is 13.3 Å². The summed E-state index contributed by atoms with van der Waals surface area (Å²) < 4.78 is 19.9. The van der Waals surface area contributed by atoms with Crippen molar-refractivity contribution in [2.45, 2.75) is 38.8 Å². The Morgan fingerprint density at radius 3 is 2.62 bits per heavy atom. The first-order valence-electron chi connectivity index (χ1n) is 12.6. The summed E-state index contributed by atoms with van der Waals surface area (Å²) in [7, 11) is 3.18. The molecule has 5 rings (SSSR count). The lowest BCUT2D eigenvalue weighted by Crippen LogP contribution is -2.55. The Bertz CT molecular complexity index is 1500. The van der Waals surface area contributed by atoms with Crippen molar-refractivity contribution in [2.75, 3.05) is 25.6 Å². The number of rotatable bonds is 7. The highest BCUT2D eigenvalue weighted by molar-refractivity contribution is 5.89. The molecular weight excluding hydrogens is 502 g/mol. The number of ether oxygens (including phenoxy) is 3. The number of amides is 1. The van der Waals surface area contributed by atoms with Crippen molar-refractivity contribution in [3.63, 3.8) is 0 Å². The number of carbonyl (C=O) groups excluding carboxylic acids is 2. The van der Waals surface area contributed by atoms with Gasteiger partial charge >= 0.3 is 12.1 Å². The van der Waals surface area contributed by atoms with E-state index >= 15 is 0 Å². The second-order valence-electron chi connectivity index (χ2n) is 10.3. The third-order valence-electron chi connectivity index (χ3n) is 6.29. The van der Waals surface area contributed by atoms with Crippen LogP contribution in [0.3, 0.4) is 0 Å². The van der Waals surface area contributed by atoms with Crippen LogP contribution in [0.5, 0.6) is 5.75 Å². The molecule has 1 aliphatic heterocycles. The van der Waals surface area contributed by atoms with Crippen LogP contribution in [0.4, 0.5) is 16.4 Å². The SMILES string of the molecule is COC(=O)c1ccc(Nc2cc3cc(-c4c(OC[C@H]5CCN5C(=O)OC(C)(C)C)cnn4C)ccn3n2)nc1. The van der Waals surface area contributed by atoms with Crippen molar-refractivity contribution in [1.82, 2.24) is 29.3 Å². The minimum absolute atomic E-state index is 0.0471. The Labute approximate surface area is 225 Å². The van der Waals surface area contributed by atoms with Crippen molar-refractivity contribution in [1.29, 1.82) is 0 Å². The van der Waals surface area contributed by atoms with E-state index in [-0.39, 0.29) is 12.1 Å². The summed E-state index contributed by atoms with van der Waals surface area (Å²) in [6.45, 7) is 6.57. The summed E-state index contributed by atoms with van der Waals surface area (Å²) in [6, 6.07) is 9.10. The van der Waals surface area contributed by atoms with Gasteiger partial charge in [0.1, 0.15) is 23.7 Å². The van der Waals surface area contributed by atoms with Crippen molar-refractivity contribution >= 4 is 29.2 Å². The minimum Gasteiger partial charge on any atom is -0.487 e. The molecule has 0 radical (unpaired) electrons. The fraction of sp³-hybridized carbons (Fsp3) is 0.370. The topological polar surface area (TPSA) is 125 Å². The third-order valence-corrected chi connectivity index (χ3v) is 6.29. The molecule has 0 aliphatic carbocycles. The quantitative estimate of drug-likeness (QED) is 0.350. The molecule has 1 amide bonds. The number of esters is 1. The van der Waals surface area contributed by atoms with Gasteiger partial charge in [-0.2, -0.15) is 10.2 Å². The van der Waals surface area contributed by atoms with Gasteiger partial charge in [-0.25, -0.2) is 19.1 Å². The van der Waals surface area contributed by atoms with Crippen molar-refractivity contribution < 1.29 is 23.8 Å². The molecular formula is C27H31N7O5. The van der Waals surface area contributed by atoms with Crippen LogP contribution in [-0.2, 0) is 16.5 Å². The summed E-state index contributed by atoms with van der Waals surface area (Å²) in [5, 5.41) is 12.1.